The Balaban J connectivity index is 2.06. The topological polar surface area (TPSA) is 167 Å². The van der Waals surface area contributed by atoms with E-state index in [2.05, 4.69) is 25.7 Å². The summed E-state index contributed by atoms with van der Waals surface area (Å²) in [6, 6.07) is 6.80. The zero-order chi connectivity index (χ0) is 23.0. The molecule has 0 saturated heterocycles. The summed E-state index contributed by atoms with van der Waals surface area (Å²) < 4.78 is 24.5. The van der Waals surface area contributed by atoms with E-state index < -0.39 is 22.0 Å². The van der Waals surface area contributed by atoms with Crippen LogP contribution >= 0.6 is 11.3 Å². The molecule has 0 aliphatic heterocycles. The zero-order valence-electron chi connectivity index (χ0n) is 16.9. The lowest BCUT2D eigenvalue weighted by Crippen LogP contribution is -2.34. The Labute approximate surface area is 183 Å². The van der Waals surface area contributed by atoms with Gasteiger partial charge in [0.15, 0.2) is 5.13 Å². The molecule has 0 aliphatic rings. The van der Waals surface area contributed by atoms with Crippen LogP contribution in [-0.4, -0.2) is 55.8 Å². The highest BCUT2D eigenvalue weighted by molar-refractivity contribution is 7.88. The number of aromatic nitrogens is 1. The molecule has 2 aromatic rings. The molecule has 31 heavy (non-hydrogen) atoms. The number of nitrogens with zero attached hydrogens (tertiary/aromatic N) is 1. The van der Waals surface area contributed by atoms with Crippen molar-refractivity contribution in [3.63, 3.8) is 0 Å². The number of rotatable bonds is 10. The SMILES string of the molecule is CC(=O)Nc1nc(CCc2ccc(NC(=O)O)cc2)c(C(=O)NCCNS(C)(=O)=O)s1. The predicted molar refractivity (Wildman–Crippen MR) is 117 cm³/mol. The molecular formula is C18H23N5O6S2. The summed E-state index contributed by atoms with van der Waals surface area (Å²) in [6.07, 6.45) is 0.821. The van der Waals surface area contributed by atoms with E-state index in [0.29, 0.717) is 34.2 Å². The van der Waals surface area contributed by atoms with Crippen LogP contribution in [0.3, 0.4) is 0 Å². The number of sulfonamides is 1. The summed E-state index contributed by atoms with van der Waals surface area (Å²) in [5.41, 5.74) is 1.85. The van der Waals surface area contributed by atoms with Gasteiger partial charge in [0.1, 0.15) is 4.88 Å². The number of benzene rings is 1. The molecule has 5 N–H and O–H groups in total. The molecule has 0 radical (unpaired) electrons. The average molecular weight is 470 g/mol. The van der Waals surface area contributed by atoms with Crippen molar-refractivity contribution in [2.45, 2.75) is 19.8 Å². The molecule has 168 valence electrons. The Morgan fingerprint density at radius 3 is 2.32 bits per heavy atom. The molecule has 13 heteroatoms. The second-order valence-electron chi connectivity index (χ2n) is 6.53. The van der Waals surface area contributed by atoms with Crippen LogP contribution in [0, 0.1) is 0 Å². The van der Waals surface area contributed by atoms with E-state index in [1.165, 1.54) is 6.92 Å². The Bertz CT molecular complexity index is 1050. The van der Waals surface area contributed by atoms with Crippen molar-refractivity contribution in [3.05, 3.63) is 40.4 Å². The van der Waals surface area contributed by atoms with Crippen molar-refractivity contribution in [2.24, 2.45) is 0 Å². The van der Waals surface area contributed by atoms with Crippen molar-refractivity contribution in [1.82, 2.24) is 15.0 Å². The van der Waals surface area contributed by atoms with Gasteiger partial charge < -0.3 is 15.7 Å². The van der Waals surface area contributed by atoms with Crippen LogP contribution in [0.4, 0.5) is 15.6 Å². The average Bonchev–Trinajstić information content (AvgIpc) is 3.05. The normalized spacial score (nSPS) is 11.0. The van der Waals surface area contributed by atoms with E-state index >= 15 is 0 Å². The maximum absolute atomic E-state index is 12.6. The van der Waals surface area contributed by atoms with Crippen LogP contribution in [0.15, 0.2) is 24.3 Å². The van der Waals surface area contributed by atoms with Crippen LogP contribution in [0.25, 0.3) is 0 Å². The van der Waals surface area contributed by atoms with E-state index in [4.69, 9.17) is 5.11 Å². The maximum atomic E-state index is 12.6. The molecule has 1 heterocycles. The Morgan fingerprint density at radius 1 is 1.06 bits per heavy atom. The van der Waals surface area contributed by atoms with Crippen molar-refractivity contribution >= 4 is 50.1 Å². The fourth-order valence-corrected chi connectivity index (χ4v) is 3.98. The molecule has 0 aliphatic carbocycles. The van der Waals surface area contributed by atoms with Gasteiger partial charge in [-0.1, -0.05) is 23.5 Å². The number of hydrogen-bond acceptors (Lipinski definition) is 7. The van der Waals surface area contributed by atoms with E-state index in [1.54, 1.807) is 24.3 Å². The lowest BCUT2D eigenvalue weighted by Gasteiger charge is -2.06. The fraction of sp³-hybridized carbons (Fsp3) is 0.333. The number of hydrogen-bond donors (Lipinski definition) is 5. The number of nitrogens with one attached hydrogen (secondary N) is 4. The third-order valence-electron chi connectivity index (χ3n) is 3.82. The van der Waals surface area contributed by atoms with Crippen molar-refractivity contribution in [2.75, 3.05) is 30.0 Å². The van der Waals surface area contributed by atoms with Gasteiger partial charge in [0, 0.05) is 25.7 Å². The molecule has 0 bridgehead atoms. The number of carbonyl (C=O) groups excluding carboxylic acids is 2. The van der Waals surface area contributed by atoms with Crippen LogP contribution in [0.2, 0.25) is 0 Å². The zero-order valence-corrected chi connectivity index (χ0v) is 18.5. The van der Waals surface area contributed by atoms with E-state index in [0.717, 1.165) is 23.2 Å². The quantitative estimate of drug-likeness (QED) is 0.326. The lowest BCUT2D eigenvalue weighted by molar-refractivity contribution is -0.114. The molecule has 0 saturated carbocycles. The first-order chi connectivity index (χ1) is 14.5. The smallest absolute Gasteiger partial charge is 0.409 e. The maximum Gasteiger partial charge on any atom is 0.409 e. The summed E-state index contributed by atoms with van der Waals surface area (Å²) >= 11 is 1.03. The van der Waals surface area contributed by atoms with Crippen molar-refractivity contribution < 1.29 is 27.9 Å². The van der Waals surface area contributed by atoms with Crippen LogP contribution in [-0.2, 0) is 27.7 Å². The first-order valence-corrected chi connectivity index (χ1v) is 11.8. The molecule has 0 fully saturated rings. The number of anilines is 2. The third-order valence-corrected chi connectivity index (χ3v) is 5.56. The van der Waals surface area contributed by atoms with Crippen LogP contribution < -0.4 is 20.7 Å². The van der Waals surface area contributed by atoms with E-state index in [-0.39, 0.29) is 19.0 Å². The van der Waals surface area contributed by atoms with Gasteiger partial charge >= 0.3 is 6.09 Å². The highest BCUT2D eigenvalue weighted by Gasteiger charge is 2.18. The van der Waals surface area contributed by atoms with Gasteiger partial charge in [-0.25, -0.2) is 22.9 Å². The van der Waals surface area contributed by atoms with Crippen molar-refractivity contribution in [3.8, 4) is 0 Å². The molecule has 1 aromatic heterocycles. The number of carbonyl (C=O) groups is 3. The second kappa shape index (κ2) is 10.8. The molecule has 1 aromatic carbocycles. The van der Waals surface area contributed by atoms with Crippen LogP contribution in [0.5, 0.6) is 0 Å². The third kappa shape index (κ3) is 8.70. The number of aryl methyl sites for hydroxylation is 2. The lowest BCUT2D eigenvalue weighted by atomic mass is 10.1. The summed E-state index contributed by atoms with van der Waals surface area (Å²) in [7, 11) is -3.35. The molecule has 0 unspecified atom stereocenters. The van der Waals surface area contributed by atoms with E-state index in [1.807, 2.05) is 0 Å². The van der Waals surface area contributed by atoms with E-state index in [9.17, 15) is 22.8 Å². The largest absolute Gasteiger partial charge is 0.465 e. The predicted octanol–water partition coefficient (Wildman–Crippen LogP) is 1.26. The first-order valence-electron chi connectivity index (χ1n) is 9.12. The van der Waals surface area contributed by atoms with Gasteiger partial charge in [0.25, 0.3) is 5.91 Å². The minimum atomic E-state index is -3.35. The number of thiazole rings is 1. The summed E-state index contributed by atoms with van der Waals surface area (Å²) in [6.45, 7) is 1.48. The summed E-state index contributed by atoms with van der Waals surface area (Å²) in [4.78, 5) is 39.2. The fourth-order valence-electron chi connectivity index (χ4n) is 2.54. The highest BCUT2D eigenvalue weighted by Crippen LogP contribution is 2.24. The monoisotopic (exact) mass is 469 g/mol. The molecule has 0 spiro atoms. The van der Waals surface area contributed by atoms with Gasteiger partial charge in [-0.2, -0.15) is 0 Å². The minimum absolute atomic E-state index is 0.0496. The Morgan fingerprint density at radius 2 is 1.74 bits per heavy atom. The Kier molecular flexibility index (Phi) is 8.47. The molecule has 3 amide bonds. The molecule has 11 nitrogen and oxygen atoms in total. The molecule has 2 rings (SSSR count). The van der Waals surface area contributed by atoms with Crippen LogP contribution in [0.1, 0.15) is 27.9 Å². The van der Waals surface area contributed by atoms with Gasteiger partial charge in [0.2, 0.25) is 15.9 Å². The first kappa shape index (κ1) is 24.2. The van der Waals surface area contributed by atoms with Crippen molar-refractivity contribution in [1.29, 1.82) is 0 Å². The summed E-state index contributed by atoms with van der Waals surface area (Å²) in [5.74, 6) is -0.730. The minimum Gasteiger partial charge on any atom is -0.465 e. The number of carboxylic acid groups (broad SMARTS) is 1. The van der Waals surface area contributed by atoms with Gasteiger partial charge in [-0.3, -0.25) is 14.9 Å². The summed E-state index contributed by atoms with van der Waals surface area (Å²) in [5, 5.41) is 16.5. The Hall–Kier alpha value is -3.03. The highest BCUT2D eigenvalue weighted by atomic mass is 32.2. The van der Waals surface area contributed by atoms with Gasteiger partial charge in [0.05, 0.1) is 11.9 Å². The van der Waals surface area contributed by atoms with Gasteiger partial charge in [-0.05, 0) is 30.5 Å². The standard InChI is InChI=1S/C18H23N5O6S2/c1-11(24)21-17-23-14(8-5-12-3-6-13(7-4-12)22-18(26)27)15(30-17)16(25)19-9-10-20-31(2,28)29/h3-4,6-7,20,22H,5,8-10H2,1-2H3,(H,19,25)(H,26,27)(H,21,23,24). The molecule has 0 atom stereocenters. The molecular weight excluding hydrogens is 446 g/mol. The van der Waals surface area contributed by atoms with Gasteiger partial charge in [-0.15, -0.1) is 0 Å². The second-order valence-corrected chi connectivity index (χ2v) is 9.36. The number of amides is 3.